The van der Waals surface area contributed by atoms with Gasteiger partial charge in [-0.1, -0.05) is 6.07 Å². The number of rotatable bonds is 2. The van der Waals surface area contributed by atoms with E-state index in [1.54, 1.807) is 0 Å². The summed E-state index contributed by atoms with van der Waals surface area (Å²) in [5.74, 6) is -1.23. The van der Waals surface area contributed by atoms with Crippen LogP contribution in [0.3, 0.4) is 0 Å². The minimum absolute atomic E-state index is 0.0565. The van der Waals surface area contributed by atoms with Crippen molar-refractivity contribution in [3.05, 3.63) is 64.1 Å². The maximum absolute atomic E-state index is 12.6. The molecule has 2 aromatic rings. The smallest absolute Gasteiger partial charge is 0.417 e. The van der Waals surface area contributed by atoms with E-state index in [1.807, 2.05) is 0 Å². The third-order valence-corrected chi connectivity index (χ3v) is 2.61. The fraction of sp³-hybridized carbons (Fsp3) is 0.0769. The Hall–Kier alpha value is -2.57. The molecule has 4 nitrogen and oxygen atoms in total. The quantitative estimate of drug-likeness (QED) is 0.921. The number of nitrogens with zero attached hydrogens (tertiary/aromatic N) is 1. The van der Waals surface area contributed by atoms with Gasteiger partial charge in [0.1, 0.15) is 0 Å². The Labute approximate surface area is 110 Å². The third kappa shape index (κ3) is 2.71. The van der Waals surface area contributed by atoms with Crippen molar-refractivity contribution in [2.24, 2.45) is 0 Å². The first-order chi connectivity index (χ1) is 9.29. The number of hydrogen-bond donors (Lipinski definition) is 1. The van der Waals surface area contributed by atoms with Crippen molar-refractivity contribution in [2.45, 2.75) is 6.18 Å². The maximum atomic E-state index is 12.6. The van der Waals surface area contributed by atoms with Gasteiger partial charge in [-0.3, -0.25) is 9.36 Å². The van der Waals surface area contributed by atoms with E-state index in [4.69, 9.17) is 5.11 Å². The summed E-state index contributed by atoms with van der Waals surface area (Å²) in [5.41, 5.74) is -1.73. The Morgan fingerprint density at radius 1 is 1.15 bits per heavy atom. The maximum Gasteiger partial charge on any atom is 0.417 e. The van der Waals surface area contributed by atoms with Crippen LogP contribution in [0.1, 0.15) is 15.9 Å². The zero-order chi connectivity index (χ0) is 14.9. The van der Waals surface area contributed by atoms with Gasteiger partial charge < -0.3 is 5.11 Å². The second-order valence-electron chi connectivity index (χ2n) is 3.98. The summed E-state index contributed by atoms with van der Waals surface area (Å²) in [4.78, 5) is 22.5. The van der Waals surface area contributed by atoms with E-state index >= 15 is 0 Å². The van der Waals surface area contributed by atoms with E-state index in [2.05, 4.69) is 0 Å². The lowest BCUT2D eigenvalue weighted by molar-refractivity contribution is -0.138. The minimum atomic E-state index is -4.58. The zero-order valence-electron chi connectivity index (χ0n) is 9.89. The number of alkyl halides is 3. The van der Waals surface area contributed by atoms with Crippen molar-refractivity contribution >= 4 is 5.97 Å². The van der Waals surface area contributed by atoms with Crippen LogP contribution in [0, 0.1) is 0 Å². The molecule has 1 aromatic carbocycles. The minimum Gasteiger partial charge on any atom is -0.478 e. The first-order valence-electron chi connectivity index (χ1n) is 5.42. The molecule has 20 heavy (non-hydrogen) atoms. The summed E-state index contributed by atoms with van der Waals surface area (Å²) >= 11 is 0. The van der Waals surface area contributed by atoms with E-state index in [9.17, 15) is 22.8 Å². The van der Waals surface area contributed by atoms with E-state index in [1.165, 1.54) is 18.2 Å². The van der Waals surface area contributed by atoms with Crippen molar-refractivity contribution in [2.75, 3.05) is 0 Å². The lowest BCUT2D eigenvalue weighted by Gasteiger charge is -2.11. The molecule has 0 aliphatic heterocycles. The molecule has 0 bridgehead atoms. The second kappa shape index (κ2) is 4.84. The number of aromatic nitrogens is 1. The van der Waals surface area contributed by atoms with E-state index in [0.29, 0.717) is 12.3 Å². The summed E-state index contributed by atoms with van der Waals surface area (Å²) < 4.78 is 38.6. The van der Waals surface area contributed by atoms with Crippen LogP contribution in [-0.2, 0) is 6.18 Å². The van der Waals surface area contributed by atoms with Crippen LogP contribution < -0.4 is 5.56 Å². The molecule has 1 N–H and O–H groups in total. The van der Waals surface area contributed by atoms with Crippen LogP contribution in [0.25, 0.3) is 5.69 Å². The molecule has 0 fully saturated rings. The Morgan fingerprint density at radius 3 is 2.45 bits per heavy atom. The highest BCUT2D eigenvalue weighted by molar-refractivity contribution is 5.88. The number of carboxylic acid groups (broad SMARTS) is 1. The topological polar surface area (TPSA) is 59.3 Å². The molecule has 1 heterocycles. The summed E-state index contributed by atoms with van der Waals surface area (Å²) in [5, 5.41) is 8.84. The standard InChI is InChI=1S/C13H8F3NO3/c14-13(15,16)9-4-5-11(18)17(7-9)10-3-1-2-8(6-10)12(19)20/h1-7H,(H,19,20). The fourth-order valence-corrected chi connectivity index (χ4v) is 1.65. The Bertz CT molecular complexity index is 719. The van der Waals surface area contributed by atoms with Gasteiger partial charge in [0, 0.05) is 18.0 Å². The molecule has 0 aliphatic carbocycles. The van der Waals surface area contributed by atoms with E-state index < -0.39 is 23.3 Å². The molecule has 0 atom stereocenters. The molecule has 7 heteroatoms. The predicted octanol–water partition coefficient (Wildman–Crippen LogP) is 2.55. The normalized spacial score (nSPS) is 11.3. The molecular formula is C13H8F3NO3. The summed E-state index contributed by atoms with van der Waals surface area (Å²) in [6.07, 6.45) is -3.94. The summed E-state index contributed by atoms with van der Waals surface area (Å²) in [7, 11) is 0. The molecule has 0 unspecified atom stereocenters. The highest BCUT2D eigenvalue weighted by Crippen LogP contribution is 2.28. The summed E-state index contributed by atoms with van der Waals surface area (Å²) in [6.45, 7) is 0. The molecule has 0 spiro atoms. The number of carboxylic acids is 1. The van der Waals surface area contributed by atoms with Gasteiger partial charge >= 0.3 is 12.1 Å². The molecule has 2 rings (SSSR count). The molecule has 1 aromatic heterocycles. The van der Waals surface area contributed by atoms with Gasteiger partial charge in [-0.2, -0.15) is 13.2 Å². The fourth-order valence-electron chi connectivity index (χ4n) is 1.65. The van der Waals surface area contributed by atoms with Crippen LogP contribution in [0.5, 0.6) is 0 Å². The molecule has 0 saturated heterocycles. The summed E-state index contributed by atoms with van der Waals surface area (Å²) in [6, 6.07) is 6.59. The number of benzene rings is 1. The molecule has 0 saturated carbocycles. The monoisotopic (exact) mass is 283 g/mol. The van der Waals surface area contributed by atoms with Crippen molar-refractivity contribution in [1.29, 1.82) is 0 Å². The SMILES string of the molecule is O=C(O)c1cccc(-n2cc(C(F)(F)F)ccc2=O)c1. The van der Waals surface area contributed by atoms with E-state index in [-0.39, 0.29) is 11.3 Å². The molecular weight excluding hydrogens is 275 g/mol. The van der Waals surface area contributed by atoms with Gasteiger partial charge in [-0.05, 0) is 24.3 Å². The number of carbonyl (C=O) groups is 1. The second-order valence-corrected chi connectivity index (χ2v) is 3.98. The van der Waals surface area contributed by atoms with Crippen molar-refractivity contribution < 1.29 is 23.1 Å². The highest BCUT2D eigenvalue weighted by Gasteiger charge is 2.31. The van der Waals surface area contributed by atoms with Gasteiger partial charge in [0.2, 0.25) is 0 Å². The Balaban J connectivity index is 2.60. The van der Waals surface area contributed by atoms with Crippen molar-refractivity contribution in [3.8, 4) is 5.69 Å². The van der Waals surface area contributed by atoms with E-state index in [0.717, 1.165) is 16.7 Å². The lowest BCUT2D eigenvalue weighted by Crippen LogP contribution is -2.20. The van der Waals surface area contributed by atoms with Crippen LogP contribution in [0.4, 0.5) is 13.2 Å². The van der Waals surface area contributed by atoms with Gasteiger partial charge in [0.25, 0.3) is 5.56 Å². The molecule has 0 amide bonds. The van der Waals surface area contributed by atoms with Gasteiger partial charge in [-0.25, -0.2) is 4.79 Å². The van der Waals surface area contributed by atoms with Gasteiger partial charge in [-0.15, -0.1) is 0 Å². The van der Waals surface area contributed by atoms with Crippen LogP contribution in [0.2, 0.25) is 0 Å². The average Bonchev–Trinajstić information content (AvgIpc) is 2.38. The molecule has 0 aliphatic rings. The number of aromatic carboxylic acids is 1. The number of hydrogen-bond acceptors (Lipinski definition) is 2. The lowest BCUT2D eigenvalue weighted by atomic mass is 10.2. The van der Waals surface area contributed by atoms with Crippen LogP contribution >= 0.6 is 0 Å². The first-order valence-corrected chi connectivity index (χ1v) is 5.42. The van der Waals surface area contributed by atoms with Gasteiger partial charge in [0.15, 0.2) is 0 Å². The molecule has 104 valence electrons. The number of pyridine rings is 1. The first kappa shape index (κ1) is 13.9. The Kier molecular flexibility index (Phi) is 3.35. The van der Waals surface area contributed by atoms with Crippen LogP contribution in [-0.4, -0.2) is 15.6 Å². The van der Waals surface area contributed by atoms with Gasteiger partial charge in [0.05, 0.1) is 11.1 Å². The van der Waals surface area contributed by atoms with Crippen LogP contribution in [0.15, 0.2) is 47.4 Å². The van der Waals surface area contributed by atoms with Crippen molar-refractivity contribution in [1.82, 2.24) is 4.57 Å². The third-order valence-electron chi connectivity index (χ3n) is 2.61. The highest BCUT2D eigenvalue weighted by atomic mass is 19.4. The van der Waals surface area contributed by atoms with Crippen molar-refractivity contribution in [3.63, 3.8) is 0 Å². The number of halogens is 3. The average molecular weight is 283 g/mol. The predicted molar refractivity (Wildman–Crippen MR) is 64.0 cm³/mol. The Morgan fingerprint density at radius 2 is 1.85 bits per heavy atom. The molecule has 0 radical (unpaired) electrons. The zero-order valence-corrected chi connectivity index (χ0v) is 9.89. The largest absolute Gasteiger partial charge is 0.478 e.